The molecule has 1 unspecified atom stereocenters. The molecule has 0 spiro atoms. The molecule has 0 amide bonds. The van der Waals surface area contributed by atoms with E-state index in [0.717, 1.165) is 25.1 Å². The normalized spacial score (nSPS) is 22.9. The van der Waals surface area contributed by atoms with E-state index in [-0.39, 0.29) is 12.6 Å². The third kappa shape index (κ3) is 2.20. The molecule has 1 aromatic rings. The first-order valence-corrected chi connectivity index (χ1v) is 5.49. The molecule has 3 nitrogen and oxygen atoms in total. The summed E-state index contributed by atoms with van der Waals surface area (Å²) in [4.78, 5) is 0. The van der Waals surface area contributed by atoms with Gasteiger partial charge in [-0.2, -0.15) is 0 Å². The van der Waals surface area contributed by atoms with E-state index in [1.807, 2.05) is 18.2 Å². The van der Waals surface area contributed by atoms with Crippen molar-refractivity contribution in [1.29, 1.82) is 0 Å². The van der Waals surface area contributed by atoms with Crippen molar-refractivity contribution < 1.29 is 5.11 Å². The maximum Gasteiger partial charge on any atom is 0.0624 e. The first-order valence-electron chi connectivity index (χ1n) is 5.49. The molecule has 1 heterocycles. The van der Waals surface area contributed by atoms with Crippen molar-refractivity contribution in [2.45, 2.75) is 18.4 Å². The van der Waals surface area contributed by atoms with Crippen LogP contribution >= 0.6 is 0 Å². The van der Waals surface area contributed by atoms with Crippen LogP contribution in [0.3, 0.4) is 0 Å². The first-order chi connectivity index (χ1) is 7.33. The summed E-state index contributed by atoms with van der Waals surface area (Å²) >= 11 is 0. The third-order valence-corrected chi connectivity index (χ3v) is 3.09. The van der Waals surface area contributed by atoms with Crippen molar-refractivity contribution in [3.63, 3.8) is 0 Å². The quantitative estimate of drug-likeness (QED) is 0.684. The second-order valence-corrected chi connectivity index (χ2v) is 4.11. The van der Waals surface area contributed by atoms with Crippen LogP contribution in [0.1, 0.15) is 29.5 Å². The minimum atomic E-state index is -0.248. The average Bonchev–Trinajstić information content (AvgIpc) is 2.81. The predicted octanol–water partition coefficient (Wildman–Crippen LogP) is 0.756. The van der Waals surface area contributed by atoms with Crippen LogP contribution < -0.4 is 11.1 Å². The predicted molar refractivity (Wildman–Crippen MR) is 60.7 cm³/mol. The van der Waals surface area contributed by atoms with Gasteiger partial charge >= 0.3 is 0 Å². The summed E-state index contributed by atoms with van der Waals surface area (Å²) in [5, 5.41) is 12.5. The highest BCUT2D eigenvalue weighted by molar-refractivity contribution is 5.33. The van der Waals surface area contributed by atoms with Gasteiger partial charge in [0.05, 0.1) is 12.6 Å². The van der Waals surface area contributed by atoms with E-state index in [2.05, 4.69) is 11.4 Å². The van der Waals surface area contributed by atoms with Crippen molar-refractivity contribution in [2.24, 2.45) is 5.73 Å². The molecule has 4 N–H and O–H groups in total. The largest absolute Gasteiger partial charge is 0.394 e. The maximum atomic E-state index is 9.11. The van der Waals surface area contributed by atoms with E-state index in [9.17, 15) is 0 Å². The summed E-state index contributed by atoms with van der Waals surface area (Å²) in [6, 6.07) is 7.93. The maximum absolute atomic E-state index is 9.11. The molecular formula is C12H18N2O. The van der Waals surface area contributed by atoms with Gasteiger partial charge in [0.2, 0.25) is 0 Å². The number of nitrogens with one attached hydrogen (secondary N) is 1. The van der Waals surface area contributed by atoms with E-state index >= 15 is 0 Å². The van der Waals surface area contributed by atoms with Gasteiger partial charge in [-0.1, -0.05) is 24.3 Å². The van der Waals surface area contributed by atoms with Crippen LogP contribution in [-0.2, 0) is 0 Å². The van der Waals surface area contributed by atoms with Gasteiger partial charge in [-0.05, 0) is 30.0 Å². The minimum absolute atomic E-state index is 0.0111. The zero-order valence-corrected chi connectivity index (χ0v) is 8.82. The number of aliphatic hydroxyl groups excluding tert-OH is 1. The Morgan fingerprint density at radius 2 is 2.27 bits per heavy atom. The highest BCUT2D eigenvalue weighted by Gasteiger charge is 2.20. The lowest BCUT2D eigenvalue weighted by Crippen LogP contribution is -2.18. The number of nitrogens with two attached hydrogens (primary N) is 1. The lowest BCUT2D eigenvalue weighted by molar-refractivity contribution is 0.267. The Hall–Kier alpha value is -0.900. The van der Waals surface area contributed by atoms with Gasteiger partial charge in [0.1, 0.15) is 0 Å². The molecule has 2 atom stereocenters. The second-order valence-electron chi connectivity index (χ2n) is 4.11. The average molecular weight is 206 g/mol. The van der Waals surface area contributed by atoms with Crippen molar-refractivity contribution in [3.05, 3.63) is 35.4 Å². The molecule has 0 radical (unpaired) electrons. The van der Waals surface area contributed by atoms with E-state index in [0.29, 0.717) is 5.92 Å². The number of hydrogen-bond donors (Lipinski definition) is 3. The Bertz CT molecular complexity index is 321. The molecule has 82 valence electrons. The molecule has 0 aromatic heterocycles. The van der Waals surface area contributed by atoms with E-state index in [1.54, 1.807) is 0 Å². The van der Waals surface area contributed by atoms with Crippen LogP contribution in [0.4, 0.5) is 0 Å². The Morgan fingerprint density at radius 3 is 2.93 bits per heavy atom. The van der Waals surface area contributed by atoms with Gasteiger partial charge in [-0.25, -0.2) is 0 Å². The van der Waals surface area contributed by atoms with Crippen molar-refractivity contribution >= 4 is 0 Å². The Balaban J connectivity index is 2.28. The van der Waals surface area contributed by atoms with Gasteiger partial charge in [-0.15, -0.1) is 0 Å². The summed E-state index contributed by atoms with van der Waals surface area (Å²) in [7, 11) is 0. The van der Waals surface area contributed by atoms with Crippen molar-refractivity contribution in [1.82, 2.24) is 5.32 Å². The zero-order chi connectivity index (χ0) is 10.7. The van der Waals surface area contributed by atoms with Gasteiger partial charge < -0.3 is 16.2 Å². The van der Waals surface area contributed by atoms with Crippen LogP contribution in [-0.4, -0.2) is 24.8 Å². The minimum Gasteiger partial charge on any atom is -0.394 e. The number of rotatable bonds is 3. The highest BCUT2D eigenvalue weighted by Crippen LogP contribution is 2.28. The third-order valence-electron chi connectivity index (χ3n) is 3.09. The molecule has 1 saturated heterocycles. The SMILES string of the molecule is N[C@H](CO)c1ccccc1C1CCNC1. The van der Waals surface area contributed by atoms with Crippen LogP contribution in [0.5, 0.6) is 0 Å². The monoisotopic (exact) mass is 206 g/mol. The molecule has 1 fully saturated rings. The smallest absolute Gasteiger partial charge is 0.0624 e. The van der Waals surface area contributed by atoms with E-state index in [4.69, 9.17) is 10.8 Å². The number of hydrogen-bond acceptors (Lipinski definition) is 3. The van der Waals surface area contributed by atoms with E-state index in [1.165, 1.54) is 5.56 Å². The topological polar surface area (TPSA) is 58.3 Å². The lowest BCUT2D eigenvalue weighted by Gasteiger charge is -2.18. The van der Waals surface area contributed by atoms with Gasteiger partial charge in [0.15, 0.2) is 0 Å². The summed E-state index contributed by atoms with van der Waals surface area (Å²) in [5.41, 5.74) is 8.28. The molecule has 0 bridgehead atoms. The fourth-order valence-electron chi connectivity index (χ4n) is 2.24. The van der Waals surface area contributed by atoms with Crippen molar-refractivity contribution in [2.75, 3.05) is 19.7 Å². The molecule has 1 aliphatic rings. The molecule has 2 rings (SSSR count). The van der Waals surface area contributed by atoms with Crippen molar-refractivity contribution in [3.8, 4) is 0 Å². The van der Waals surface area contributed by atoms with Gasteiger partial charge in [-0.3, -0.25) is 0 Å². The molecule has 1 aromatic carbocycles. The van der Waals surface area contributed by atoms with Crippen LogP contribution in [0.2, 0.25) is 0 Å². The Kier molecular flexibility index (Phi) is 3.36. The first kappa shape index (κ1) is 10.6. The summed E-state index contributed by atoms with van der Waals surface area (Å²) in [5.74, 6) is 0.554. The molecule has 0 saturated carbocycles. The Labute approximate surface area is 90.3 Å². The number of benzene rings is 1. The van der Waals surface area contributed by atoms with Crippen LogP contribution in [0.15, 0.2) is 24.3 Å². The fraction of sp³-hybridized carbons (Fsp3) is 0.500. The molecule has 0 aliphatic carbocycles. The zero-order valence-electron chi connectivity index (χ0n) is 8.82. The Morgan fingerprint density at radius 1 is 1.47 bits per heavy atom. The second kappa shape index (κ2) is 4.75. The standard InChI is InChI=1S/C12H18N2O/c13-12(8-15)11-4-2-1-3-10(11)9-5-6-14-7-9/h1-4,9,12,14-15H,5-8,13H2/t9?,12-/m1/s1. The summed E-state index contributed by atoms with van der Waals surface area (Å²) in [6.07, 6.45) is 1.16. The van der Waals surface area contributed by atoms with Gasteiger partial charge in [0.25, 0.3) is 0 Å². The van der Waals surface area contributed by atoms with Gasteiger partial charge in [0, 0.05) is 6.54 Å². The molecule has 3 heteroatoms. The lowest BCUT2D eigenvalue weighted by atomic mass is 9.90. The highest BCUT2D eigenvalue weighted by atomic mass is 16.3. The summed E-state index contributed by atoms with van der Waals surface area (Å²) < 4.78 is 0. The van der Waals surface area contributed by atoms with Crippen LogP contribution in [0, 0.1) is 0 Å². The van der Waals surface area contributed by atoms with E-state index < -0.39 is 0 Å². The molecule has 1 aliphatic heterocycles. The fourth-order valence-corrected chi connectivity index (χ4v) is 2.24. The molecule has 15 heavy (non-hydrogen) atoms. The van der Waals surface area contributed by atoms with Crippen LogP contribution in [0.25, 0.3) is 0 Å². The molecular weight excluding hydrogens is 188 g/mol. The summed E-state index contributed by atoms with van der Waals surface area (Å²) in [6.45, 7) is 2.11. The number of aliphatic hydroxyl groups is 1.